The molecule has 2 aromatic carbocycles. The van der Waals surface area contributed by atoms with E-state index < -0.39 is 0 Å². The molecule has 2 aromatic rings. The summed E-state index contributed by atoms with van der Waals surface area (Å²) in [4.78, 5) is 4.98. The van der Waals surface area contributed by atoms with Gasteiger partial charge in [0.2, 0.25) is 0 Å². The fourth-order valence-electron chi connectivity index (χ4n) is 7.54. The van der Waals surface area contributed by atoms with Crippen LogP contribution >= 0.6 is 0 Å². The van der Waals surface area contributed by atoms with Gasteiger partial charge < -0.3 is 43.1 Å². The maximum Gasteiger partial charge on any atom is 0.0638 e. The standard InChI is InChI=1S/C43H67N9/c1-6-16-35-18-14-23-51(31-35)24-15-22-47-34(5)39-27-36-19-9-8-10-20-37-28-38(33(4)44)29-41(46)43(37)52(26-13-17-32(3)50-49-7-2)25-12-11-21-48-42(36)40(45)30-39/h11-13,17,27-30,35,47-49H,4-10,14-16,18-26,31,44-46H2,1-3H3/b12-11+,17-13+,50-32-. The van der Waals surface area contributed by atoms with Crippen LogP contribution in [0.3, 0.4) is 0 Å². The van der Waals surface area contributed by atoms with E-state index in [1.54, 1.807) is 0 Å². The van der Waals surface area contributed by atoms with E-state index in [1.165, 1.54) is 49.9 Å². The number of nitrogens with one attached hydrogen (secondary N) is 3. The summed E-state index contributed by atoms with van der Waals surface area (Å²) < 4.78 is 0. The van der Waals surface area contributed by atoms with Crippen LogP contribution in [-0.4, -0.2) is 63.0 Å². The van der Waals surface area contributed by atoms with Gasteiger partial charge in [0.15, 0.2) is 0 Å². The van der Waals surface area contributed by atoms with Gasteiger partial charge in [0.25, 0.3) is 0 Å². The van der Waals surface area contributed by atoms with E-state index >= 15 is 0 Å². The van der Waals surface area contributed by atoms with Gasteiger partial charge in [0, 0.05) is 50.7 Å². The smallest absolute Gasteiger partial charge is 0.0638 e. The number of fused-ring (bicyclic) bond motifs is 2. The van der Waals surface area contributed by atoms with Crippen LogP contribution < -0.4 is 38.2 Å². The molecule has 2 aliphatic heterocycles. The van der Waals surface area contributed by atoms with Crippen molar-refractivity contribution in [3.63, 3.8) is 0 Å². The summed E-state index contributed by atoms with van der Waals surface area (Å²) in [5.74, 6) is 0.873. The number of anilines is 4. The lowest BCUT2D eigenvalue weighted by atomic mass is 9.94. The maximum atomic E-state index is 6.77. The molecule has 1 unspecified atom stereocenters. The van der Waals surface area contributed by atoms with Crippen LogP contribution in [-0.2, 0) is 12.8 Å². The van der Waals surface area contributed by atoms with E-state index in [2.05, 4.69) is 87.5 Å². The Morgan fingerprint density at radius 2 is 1.77 bits per heavy atom. The van der Waals surface area contributed by atoms with E-state index in [1.807, 2.05) is 26.0 Å². The van der Waals surface area contributed by atoms with Crippen molar-refractivity contribution in [2.45, 2.75) is 85.0 Å². The van der Waals surface area contributed by atoms with E-state index in [-0.39, 0.29) is 0 Å². The van der Waals surface area contributed by atoms with E-state index in [4.69, 9.17) is 17.2 Å². The lowest BCUT2D eigenvalue weighted by Gasteiger charge is -2.32. The molecule has 0 saturated carbocycles. The fourth-order valence-corrected chi connectivity index (χ4v) is 7.54. The molecule has 2 heterocycles. The second-order valence-electron chi connectivity index (χ2n) is 14.5. The van der Waals surface area contributed by atoms with Gasteiger partial charge in [-0.1, -0.05) is 51.2 Å². The van der Waals surface area contributed by atoms with Crippen molar-refractivity contribution in [1.82, 2.24) is 15.6 Å². The Balaban J connectivity index is 1.47. The lowest BCUT2D eigenvalue weighted by Crippen LogP contribution is -2.36. The van der Waals surface area contributed by atoms with Crippen molar-refractivity contribution in [2.24, 2.45) is 16.8 Å². The first kappa shape index (κ1) is 40.4. The summed E-state index contributed by atoms with van der Waals surface area (Å²) in [6.45, 7) is 22.1. The van der Waals surface area contributed by atoms with Gasteiger partial charge in [-0.2, -0.15) is 5.10 Å². The van der Waals surface area contributed by atoms with E-state index in [9.17, 15) is 0 Å². The van der Waals surface area contributed by atoms with Gasteiger partial charge >= 0.3 is 0 Å². The number of nitrogens with zero attached hydrogens (tertiary/aromatic N) is 3. The Kier molecular flexibility index (Phi) is 16.5. The first-order chi connectivity index (χ1) is 25.2. The van der Waals surface area contributed by atoms with Gasteiger partial charge in [-0.3, -0.25) is 0 Å². The van der Waals surface area contributed by atoms with Gasteiger partial charge in [0.1, 0.15) is 0 Å². The molecule has 284 valence electrons. The van der Waals surface area contributed by atoms with Crippen molar-refractivity contribution in [1.29, 1.82) is 0 Å². The molecule has 0 aromatic heterocycles. The lowest BCUT2D eigenvalue weighted by molar-refractivity contribution is 0.167. The second kappa shape index (κ2) is 21.2. The van der Waals surface area contributed by atoms with Gasteiger partial charge in [0.05, 0.1) is 28.5 Å². The molecular weight excluding hydrogens is 643 g/mol. The molecule has 0 amide bonds. The average molecular weight is 710 g/mol. The van der Waals surface area contributed by atoms with E-state index in [0.29, 0.717) is 25.3 Å². The zero-order valence-corrected chi connectivity index (χ0v) is 32.4. The summed E-state index contributed by atoms with van der Waals surface area (Å²) >= 11 is 0. The fraction of sp³-hybridized carbons (Fsp3) is 0.512. The Bertz CT molecular complexity index is 1550. The SMILES string of the molecule is C=C(N)c1cc(N)c2c(c1)CCCCCc1cc(C(=C)NCCCN3CCCC(CCC)C3)cc(N)c1NC/C=C/CN2C/C=C/C(C)=N\NCC. The molecule has 1 fully saturated rings. The van der Waals surface area contributed by atoms with Crippen molar-refractivity contribution in [2.75, 3.05) is 74.0 Å². The molecule has 0 bridgehead atoms. The third-order valence-corrected chi connectivity index (χ3v) is 10.2. The van der Waals surface area contributed by atoms with Gasteiger partial charge in [-0.05, 0) is 137 Å². The molecule has 9 nitrogen and oxygen atoms in total. The quantitative estimate of drug-likeness (QED) is 0.0390. The number of allylic oxidation sites excluding steroid dienone is 1. The van der Waals surface area contributed by atoms with Crippen LogP contribution in [0.2, 0.25) is 0 Å². The number of nitrogen functional groups attached to an aromatic ring is 2. The zero-order valence-electron chi connectivity index (χ0n) is 32.4. The molecule has 1 atom stereocenters. The Hall–Kier alpha value is -4.37. The van der Waals surface area contributed by atoms with Crippen molar-refractivity contribution >= 4 is 39.9 Å². The highest BCUT2D eigenvalue weighted by molar-refractivity contribution is 5.92. The van der Waals surface area contributed by atoms with Crippen molar-refractivity contribution in [3.05, 3.63) is 84.0 Å². The molecule has 9 N–H and O–H groups in total. The minimum Gasteiger partial charge on any atom is -0.399 e. The first-order valence-electron chi connectivity index (χ1n) is 19.7. The highest BCUT2D eigenvalue weighted by Gasteiger charge is 2.19. The van der Waals surface area contributed by atoms with Crippen LogP contribution in [0.4, 0.5) is 22.7 Å². The highest BCUT2D eigenvalue weighted by Crippen LogP contribution is 2.34. The molecule has 0 aliphatic carbocycles. The molecule has 0 spiro atoms. The minimum absolute atomic E-state index is 0.529. The Morgan fingerprint density at radius 3 is 2.54 bits per heavy atom. The van der Waals surface area contributed by atoms with Crippen molar-refractivity contribution < 1.29 is 0 Å². The summed E-state index contributed by atoms with van der Waals surface area (Å²) in [6, 6.07) is 8.46. The summed E-state index contributed by atoms with van der Waals surface area (Å²) in [7, 11) is 0. The molecule has 2 aliphatic rings. The normalized spacial score (nSPS) is 18.4. The third-order valence-electron chi connectivity index (χ3n) is 10.2. The largest absolute Gasteiger partial charge is 0.399 e. The van der Waals surface area contributed by atoms with Crippen LogP contribution in [0.5, 0.6) is 0 Å². The molecule has 1 saturated heterocycles. The van der Waals surface area contributed by atoms with Gasteiger partial charge in [-0.15, -0.1) is 0 Å². The van der Waals surface area contributed by atoms with Crippen molar-refractivity contribution in [3.8, 4) is 0 Å². The number of piperidine rings is 1. The Labute approximate surface area is 314 Å². The predicted molar refractivity (Wildman–Crippen MR) is 228 cm³/mol. The van der Waals surface area contributed by atoms with Crippen LogP contribution in [0.15, 0.2) is 66.8 Å². The molecule has 52 heavy (non-hydrogen) atoms. The molecule has 9 heteroatoms. The summed E-state index contributed by atoms with van der Waals surface area (Å²) in [5, 5.41) is 11.6. The zero-order chi connectivity index (χ0) is 37.3. The minimum atomic E-state index is 0.529. The number of likely N-dealkylation sites (tertiary alicyclic amines) is 1. The number of nitrogens with two attached hydrogens (primary N) is 3. The monoisotopic (exact) mass is 710 g/mol. The first-order valence-corrected chi connectivity index (χ1v) is 19.7. The van der Waals surface area contributed by atoms with Crippen LogP contribution in [0, 0.1) is 5.92 Å². The average Bonchev–Trinajstić information content (AvgIpc) is 3.12. The summed E-state index contributed by atoms with van der Waals surface area (Å²) in [5.41, 5.74) is 33.1. The van der Waals surface area contributed by atoms with Crippen LogP contribution in [0.25, 0.3) is 11.4 Å². The Morgan fingerprint density at radius 1 is 1.00 bits per heavy atom. The number of hydrogen-bond acceptors (Lipinski definition) is 9. The number of benzene rings is 2. The second-order valence-corrected chi connectivity index (χ2v) is 14.5. The number of aryl methyl sites for hydroxylation is 2. The van der Waals surface area contributed by atoms with E-state index in [0.717, 1.165) is 109 Å². The number of hydrazone groups is 1. The molecule has 0 radical (unpaired) electrons. The maximum absolute atomic E-state index is 6.77. The summed E-state index contributed by atoms with van der Waals surface area (Å²) in [6.07, 6.45) is 20.0. The number of rotatable bonds is 14. The third kappa shape index (κ3) is 12.4. The topological polar surface area (TPSA) is 133 Å². The molecule has 4 rings (SSSR count). The molecular formula is C43H67N9. The number of hydrogen-bond donors (Lipinski definition) is 6. The highest BCUT2D eigenvalue weighted by atomic mass is 15.3. The van der Waals surface area contributed by atoms with Crippen LogP contribution in [0.1, 0.15) is 94.4 Å². The van der Waals surface area contributed by atoms with Gasteiger partial charge in [-0.25, -0.2) is 0 Å². The predicted octanol–water partition coefficient (Wildman–Crippen LogP) is 7.53.